The zero-order valence-corrected chi connectivity index (χ0v) is 14.5. The smallest absolute Gasteiger partial charge is 0.337 e. The van der Waals surface area contributed by atoms with Gasteiger partial charge in [-0.1, -0.05) is 24.3 Å². The largest absolute Gasteiger partial charge is 0.465 e. The monoisotopic (exact) mass is 365 g/mol. The highest BCUT2D eigenvalue weighted by molar-refractivity contribution is 5.94. The van der Waals surface area contributed by atoms with Gasteiger partial charge in [0.1, 0.15) is 18.0 Å². The summed E-state index contributed by atoms with van der Waals surface area (Å²) in [5.74, 6) is -0.835. The fourth-order valence-corrected chi connectivity index (χ4v) is 3.28. The van der Waals surface area contributed by atoms with Gasteiger partial charge in [-0.15, -0.1) is 0 Å². The number of anilines is 1. The molecule has 0 spiro atoms. The van der Waals surface area contributed by atoms with Crippen molar-refractivity contribution in [3.8, 4) is 5.69 Å². The molecule has 1 aliphatic rings. The first-order chi connectivity index (χ1) is 13.1. The average Bonchev–Trinajstić information content (AvgIpc) is 3.10. The molecule has 2 aromatic carbocycles. The number of nitrogens with one attached hydrogen (secondary N) is 1. The number of carbonyl (C=O) groups is 2. The van der Waals surface area contributed by atoms with Crippen LogP contribution in [0.4, 0.5) is 10.2 Å². The van der Waals surface area contributed by atoms with Gasteiger partial charge < -0.3 is 10.1 Å². The summed E-state index contributed by atoms with van der Waals surface area (Å²) in [7, 11) is 1.32. The number of rotatable bonds is 3. The van der Waals surface area contributed by atoms with Crippen LogP contribution >= 0.6 is 0 Å². The summed E-state index contributed by atoms with van der Waals surface area (Å²) >= 11 is 0. The fraction of sp³-hybridized carbons (Fsp3) is 0.150. The number of hydrogen-bond donors (Lipinski definition) is 1. The van der Waals surface area contributed by atoms with Gasteiger partial charge in [-0.05, 0) is 29.8 Å². The second kappa shape index (κ2) is 6.68. The molecule has 0 unspecified atom stereocenters. The molecule has 1 aliphatic heterocycles. The third-order valence-electron chi connectivity index (χ3n) is 4.62. The number of methoxy groups -OCH3 is 1. The van der Waals surface area contributed by atoms with Gasteiger partial charge in [0.25, 0.3) is 0 Å². The van der Waals surface area contributed by atoms with Gasteiger partial charge in [0.2, 0.25) is 5.91 Å². The van der Waals surface area contributed by atoms with Crippen LogP contribution in [0.1, 0.15) is 34.0 Å². The molecule has 0 saturated carbocycles. The summed E-state index contributed by atoms with van der Waals surface area (Å²) < 4.78 is 20.4. The van der Waals surface area contributed by atoms with E-state index in [4.69, 9.17) is 4.74 Å². The standard InChI is InChI=1S/C20H16FN3O3/c1-27-20(26)13-8-6-12(7-9-13)14-10-17(25)23-19-18(14)22-11-24(19)16-5-3-2-4-15(16)21/h2-9,11,14H,10H2,1H3,(H,23,25)/t14-/m0/s1. The Morgan fingerprint density at radius 1 is 1.22 bits per heavy atom. The lowest BCUT2D eigenvalue weighted by Crippen LogP contribution is -2.25. The first-order valence-electron chi connectivity index (χ1n) is 8.38. The fourth-order valence-electron chi connectivity index (χ4n) is 3.28. The van der Waals surface area contributed by atoms with Crippen LogP contribution in [0.15, 0.2) is 54.9 Å². The molecule has 27 heavy (non-hydrogen) atoms. The van der Waals surface area contributed by atoms with Crippen LogP contribution in [0.25, 0.3) is 5.69 Å². The molecule has 1 aromatic heterocycles. The van der Waals surface area contributed by atoms with Crippen molar-refractivity contribution in [1.82, 2.24) is 9.55 Å². The van der Waals surface area contributed by atoms with Crippen LogP contribution < -0.4 is 5.32 Å². The number of hydrogen-bond acceptors (Lipinski definition) is 4. The second-order valence-electron chi connectivity index (χ2n) is 6.22. The molecule has 2 heterocycles. The SMILES string of the molecule is COC(=O)c1ccc([C@@H]2CC(=O)Nc3c2ncn3-c2ccccc2F)cc1. The molecule has 1 amide bonds. The zero-order valence-electron chi connectivity index (χ0n) is 14.5. The maximum absolute atomic E-state index is 14.2. The van der Waals surface area contributed by atoms with E-state index in [0.29, 0.717) is 22.8 Å². The van der Waals surface area contributed by atoms with E-state index in [9.17, 15) is 14.0 Å². The number of imidazole rings is 1. The number of amides is 1. The molecule has 1 N–H and O–H groups in total. The van der Waals surface area contributed by atoms with Gasteiger partial charge in [0, 0.05) is 12.3 Å². The van der Waals surface area contributed by atoms with Crippen LogP contribution in [-0.2, 0) is 9.53 Å². The molecule has 0 saturated heterocycles. The molecule has 6 nitrogen and oxygen atoms in total. The molecular weight excluding hydrogens is 349 g/mol. The van der Waals surface area contributed by atoms with E-state index in [-0.39, 0.29) is 18.2 Å². The van der Waals surface area contributed by atoms with E-state index in [1.807, 2.05) is 0 Å². The quantitative estimate of drug-likeness (QED) is 0.723. The van der Waals surface area contributed by atoms with Gasteiger partial charge in [-0.25, -0.2) is 14.2 Å². The number of benzene rings is 2. The Kier molecular flexibility index (Phi) is 4.19. The molecule has 0 aliphatic carbocycles. The Balaban J connectivity index is 1.75. The molecule has 136 valence electrons. The lowest BCUT2D eigenvalue weighted by atomic mass is 9.89. The molecule has 0 radical (unpaired) electrons. The Bertz CT molecular complexity index is 1030. The van der Waals surface area contributed by atoms with E-state index >= 15 is 0 Å². The van der Waals surface area contributed by atoms with E-state index < -0.39 is 11.8 Å². The number of para-hydroxylation sites is 1. The predicted molar refractivity (Wildman–Crippen MR) is 96.4 cm³/mol. The topological polar surface area (TPSA) is 73.2 Å². The minimum atomic E-state index is -0.424. The van der Waals surface area contributed by atoms with E-state index in [2.05, 4.69) is 10.3 Å². The van der Waals surface area contributed by atoms with Crippen molar-refractivity contribution in [2.45, 2.75) is 12.3 Å². The zero-order chi connectivity index (χ0) is 19.0. The van der Waals surface area contributed by atoms with Crippen molar-refractivity contribution in [2.24, 2.45) is 0 Å². The molecule has 1 atom stereocenters. The number of halogens is 1. The number of esters is 1. The highest BCUT2D eigenvalue weighted by Crippen LogP contribution is 2.37. The van der Waals surface area contributed by atoms with Crippen LogP contribution in [-0.4, -0.2) is 28.5 Å². The minimum absolute atomic E-state index is 0.178. The van der Waals surface area contributed by atoms with Gasteiger partial charge in [-0.3, -0.25) is 9.36 Å². The molecular formula is C20H16FN3O3. The van der Waals surface area contributed by atoms with E-state index in [1.165, 1.54) is 24.1 Å². The van der Waals surface area contributed by atoms with Crippen molar-refractivity contribution in [2.75, 3.05) is 12.4 Å². The molecule has 4 rings (SSSR count). The number of ether oxygens (including phenoxy) is 1. The summed E-state index contributed by atoms with van der Waals surface area (Å²) in [5.41, 5.74) is 2.24. The number of aromatic nitrogens is 2. The predicted octanol–water partition coefficient (Wildman–Crippen LogP) is 3.27. The normalized spacial score (nSPS) is 15.8. The Morgan fingerprint density at radius 2 is 1.96 bits per heavy atom. The number of carbonyl (C=O) groups excluding carboxylic acids is 2. The highest BCUT2D eigenvalue weighted by Gasteiger charge is 2.31. The summed E-state index contributed by atoms with van der Waals surface area (Å²) in [5, 5.41) is 2.79. The Labute approximate surface area is 154 Å². The Morgan fingerprint density at radius 3 is 2.67 bits per heavy atom. The van der Waals surface area contributed by atoms with Crippen LogP contribution in [0, 0.1) is 5.82 Å². The minimum Gasteiger partial charge on any atom is -0.465 e. The second-order valence-corrected chi connectivity index (χ2v) is 6.22. The molecule has 0 fully saturated rings. The van der Waals surface area contributed by atoms with Gasteiger partial charge in [0.15, 0.2) is 0 Å². The van der Waals surface area contributed by atoms with Crippen molar-refractivity contribution in [3.63, 3.8) is 0 Å². The number of nitrogens with zero attached hydrogens (tertiary/aromatic N) is 2. The lowest BCUT2D eigenvalue weighted by molar-refractivity contribution is -0.116. The lowest BCUT2D eigenvalue weighted by Gasteiger charge is -2.23. The van der Waals surface area contributed by atoms with Crippen LogP contribution in [0.3, 0.4) is 0 Å². The van der Waals surface area contributed by atoms with Crippen molar-refractivity contribution < 1.29 is 18.7 Å². The highest BCUT2D eigenvalue weighted by atomic mass is 19.1. The first-order valence-corrected chi connectivity index (χ1v) is 8.38. The average molecular weight is 365 g/mol. The van der Waals surface area contributed by atoms with Crippen molar-refractivity contribution in [3.05, 3.63) is 77.5 Å². The first kappa shape index (κ1) is 17.0. The van der Waals surface area contributed by atoms with Gasteiger partial charge >= 0.3 is 5.97 Å². The number of fused-ring (bicyclic) bond motifs is 1. The third-order valence-corrected chi connectivity index (χ3v) is 4.62. The summed E-state index contributed by atoms with van der Waals surface area (Å²) in [6, 6.07) is 13.2. The van der Waals surface area contributed by atoms with E-state index in [0.717, 1.165) is 5.56 Å². The summed E-state index contributed by atoms with van der Waals surface area (Å²) in [4.78, 5) is 28.3. The summed E-state index contributed by atoms with van der Waals surface area (Å²) in [6.07, 6.45) is 1.73. The van der Waals surface area contributed by atoms with Crippen molar-refractivity contribution >= 4 is 17.7 Å². The molecule has 7 heteroatoms. The maximum atomic E-state index is 14.2. The van der Waals surface area contributed by atoms with Crippen LogP contribution in [0.5, 0.6) is 0 Å². The molecule has 0 bridgehead atoms. The van der Waals surface area contributed by atoms with E-state index in [1.54, 1.807) is 42.5 Å². The molecule has 3 aromatic rings. The Hall–Kier alpha value is -3.48. The summed E-state index contributed by atoms with van der Waals surface area (Å²) in [6.45, 7) is 0. The van der Waals surface area contributed by atoms with Crippen LogP contribution in [0.2, 0.25) is 0 Å². The van der Waals surface area contributed by atoms with Gasteiger partial charge in [0.05, 0.1) is 24.1 Å². The van der Waals surface area contributed by atoms with Gasteiger partial charge in [-0.2, -0.15) is 0 Å². The third kappa shape index (κ3) is 2.97. The van der Waals surface area contributed by atoms with Crippen molar-refractivity contribution in [1.29, 1.82) is 0 Å². The maximum Gasteiger partial charge on any atom is 0.337 e.